The Morgan fingerprint density at radius 1 is 1.15 bits per heavy atom. The Morgan fingerprint density at radius 2 is 1.81 bits per heavy atom. The lowest BCUT2D eigenvalue weighted by Gasteiger charge is -2.48. The number of hydrogen-bond acceptors (Lipinski definition) is 4. The second-order valence-electron chi connectivity index (χ2n) is 7.71. The van der Waals surface area contributed by atoms with Gasteiger partial charge in [-0.05, 0) is 26.7 Å². The highest BCUT2D eigenvalue weighted by Crippen LogP contribution is 2.33. The van der Waals surface area contributed by atoms with Crippen LogP contribution in [0.5, 0.6) is 0 Å². The highest BCUT2D eigenvalue weighted by Gasteiger charge is 2.38. The van der Waals surface area contributed by atoms with Crippen molar-refractivity contribution in [1.29, 1.82) is 0 Å². The highest BCUT2D eigenvalue weighted by atomic mass is 127. The minimum atomic E-state index is 0. The van der Waals surface area contributed by atoms with Crippen LogP contribution in [0.4, 0.5) is 0 Å². The second-order valence-corrected chi connectivity index (χ2v) is 7.71. The number of aliphatic imine (C=N–C) groups is 1. The van der Waals surface area contributed by atoms with Crippen LogP contribution in [0.3, 0.4) is 0 Å². The van der Waals surface area contributed by atoms with E-state index in [0.717, 1.165) is 38.8 Å². The summed E-state index contributed by atoms with van der Waals surface area (Å²) in [5, 5.41) is 9.69. The Balaban J connectivity index is 0.00000364. The fourth-order valence-corrected chi connectivity index (χ4v) is 4.01. The van der Waals surface area contributed by atoms with Crippen molar-refractivity contribution in [1.82, 2.24) is 20.9 Å². The first-order valence-corrected chi connectivity index (χ1v) is 10.1. The standard InChI is InChI=1S/C19H37N5O2.HI/c1-16(2)23-17(25)7-10-21-18(20-3)22-15-19(8-5-4-6-9-19)24-11-13-26-14-12-24;/h16H,4-15H2,1-3H3,(H,23,25)(H2,20,21,22);1H. The van der Waals surface area contributed by atoms with Crippen LogP contribution < -0.4 is 16.0 Å². The van der Waals surface area contributed by atoms with E-state index in [0.29, 0.717) is 13.0 Å². The molecule has 158 valence electrons. The van der Waals surface area contributed by atoms with Crippen LogP contribution >= 0.6 is 24.0 Å². The molecule has 27 heavy (non-hydrogen) atoms. The van der Waals surface area contributed by atoms with Crippen molar-refractivity contribution in [3.63, 3.8) is 0 Å². The van der Waals surface area contributed by atoms with Gasteiger partial charge in [-0.2, -0.15) is 0 Å². The highest BCUT2D eigenvalue weighted by molar-refractivity contribution is 14.0. The third kappa shape index (κ3) is 8.11. The maximum Gasteiger partial charge on any atom is 0.221 e. The summed E-state index contributed by atoms with van der Waals surface area (Å²) in [6.07, 6.45) is 6.83. The van der Waals surface area contributed by atoms with Crippen molar-refractivity contribution >= 4 is 35.8 Å². The van der Waals surface area contributed by atoms with E-state index in [2.05, 4.69) is 25.8 Å². The zero-order valence-corrected chi connectivity index (χ0v) is 19.5. The molecular weight excluding hydrogens is 457 g/mol. The molecule has 0 bridgehead atoms. The van der Waals surface area contributed by atoms with Gasteiger partial charge in [0.2, 0.25) is 5.91 Å². The van der Waals surface area contributed by atoms with E-state index in [1.807, 2.05) is 13.8 Å². The number of halogens is 1. The smallest absolute Gasteiger partial charge is 0.221 e. The normalized spacial score (nSPS) is 20.7. The van der Waals surface area contributed by atoms with Gasteiger partial charge in [0.05, 0.1) is 13.2 Å². The molecule has 0 radical (unpaired) electrons. The Kier molecular flexibility index (Phi) is 11.6. The zero-order chi connectivity index (χ0) is 18.8. The molecule has 2 rings (SSSR count). The second kappa shape index (κ2) is 12.8. The fourth-order valence-electron chi connectivity index (χ4n) is 4.01. The van der Waals surface area contributed by atoms with Crippen LogP contribution in [0.1, 0.15) is 52.4 Å². The quantitative estimate of drug-likeness (QED) is 0.285. The average Bonchev–Trinajstić information content (AvgIpc) is 2.65. The number of guanidine groups is 1. The maximum absolute atomic E-state index is 11.8. The van der Waals surface area contributed by atoms with Crippen LogP contribution in [0.2, 0.25) is 0 Å². The van der Waals surface area contributed by atoms with E-state index in [9.17, 15) is 4.79 Å². The molecule has 2 aliphatic rings. The summed E-state index contributed by atoms with van der Waals surface area (Å²) in [5.41, 5.74) is 0.203. The zero-order valence-electron chi connectivity index (χ0n) is 17.2. The van der Waals surface area contributed by atoms with Crippen molar-refractivity contribution in [2.75, 3.05) is 46.4 Å². The van der Waals surface area contributed by atoms with Crippen LogP contribution in [-0.4, -0.2) is 74.8 Å². The van der Waals surface area contributed by atoms with E-state index in [-0.39, 0.29) is 41.5 Å². The Morgan fingerprint density at radius 3 is 2.41 bits per heavy atom. The number of morpholine rings is 1. The van der Waals surface area contributed by atoms with Crippen molar-refractivity contribution in [2.24, 2.45) is 4.99 Å². The largest absolute Gasteiger partial charge is 0.379 e. The van der Waals surface area contributed by atoms with E-state index >= 15 is 0 Å². The van der Waals surface area contributed by atoms with Gasteiger partial charge in [-0.15, -0.1) is 24.0 Å². The fraction of sp³-hybridized carbons (Fsp3) is 0.895. The van der Waals surface area contributed by atoms with Crippen LogP contribution in [0.25, 0.3) is 0 Å². The first kappa shape index (κ1) is 24.4. The number of hydrogen-bond donors (Lipinski definition) is 3. The molecule has 7 nitrogen and oxygen atoms in total. The summed E-state index contributed by atoms with van der Waals surface area (Å²) in [6.45, 7) is 9.13. The number of carbonyl (C=O) groups is 1. The van der Waals surface area contributed by atoms with E-state index < -0.39 is 0 Å². The molecule has 1 aliphatic heterocycles. The van der Waals surface area contributed by atoms with E-state index in [1.165, 1.54) is 32.1 Å². The van der Waals surface area contributed by atoms with E-state index in [4.69, 9.17) is 4.74 Å². The van der Waals surface area contributed by atoms with Gasteiger partial charge in [-0.25, -0.2) is 0 Å². The topological polar surface area (TPSA) is 78.0 Å². The summed E-state index contributed by atoms with van der Waals surface area (Å²) in [7, 11) is 1.78. The van der Waals surface area contributed by atoms with Gasteiger partial charge < -0.3 is 20.7 Å². The van der Waals surface area contributed by atoms with Crippen molar-refractivity contribution in [2.45, 2.75) is 64.0 Å². The monoisotopic (exact) mass is 495 g/mol. The summed E-state index contributed by atoms with van der Waals surface area (Å²) in [6, 6.07) is 0.180. The molecule has 0 atom stereocenters. The summed E-state index contributed by atoms with van der Waals surface area (Å²) >= 11 is 0. The molecule has 1 saturated heterocycles. The van der Waals surface area contributed by atoms with Crippen molar-refractivity contribution in [3.8, 4) is 0 Å². The van der Waals surface area contributed by atoms with Gasteiger partial charge in [-0.1, -0.05) is 19.3 Å². The van der Waals surface area contributed by atoms with Gasteiger partial charge in [-0.3, -0.25) is 14.7 Å². The first-order valence-electron chi connectivity index (χ1n) is 10.1. The average molecular weight is 495 g/mol. The number of carbonyl (C=O) groups excluding carboxylic acids is 1. The molecule has 0 spiro atoms. The summed E-state index contributed by atoms with van der Waals surface area (Å²) in [4.78, 5) is 18.7. The molecule has 1 saturated carbocycles. The molecule has 2 fully saturated rings. The number of nitrogens with one attached hydrogen (secondary N) is 3. The van der Waals surface area contributed by atoms with Gasteiger partial charge >= 0.3 is 0 Å². The summed E-state index contributed by atoms with van der Waals surface area (Å²) in [5.74, 6) is 0.848. The maximum atomic E-state index is 11.8. The lowest BCUT2D eigenvalue weighted by molar-refractivity contribution is -0.121. The predicted molar refractivity (Wildman–Crippen MR) is 121 cm³/mol. The Hall–Kier alpha value is -0.610. The van der Waals surface area contributed by atoms with Crippen LogP contribution in [0.15, 0.2) is 4.99 Å². The molecule has 3 N–H and O–H groups in total. The molecule has 0 unspecified atom stereocenters. The first-order chi connectivity index (χ1) is 12.6. The van der Waals surface area contributed by atoms with E-state index in [1.54, 1.807) is 7.05 Å². The molecule has 0 aromatic rings. The van der Waals surface area contributed by atoms with Gasteiger partial charge in [0.1, 0.15) is 0 Å². The third-order valence-electron chi connectivity index (χ3n) is 5.37. The molecule has 1 aliphatic carbocycles. The lowest BCUT2D eigenvalue weighted by atomic mass is 9.80. The minimum absolute atomic E-state index is 0. The third-order valence-corrected chi connectivity index (χ3v) is 5.37. The minimum Gasteiger partial charge on any atom is -0.379 e. The molecule has 0 aromatic carbocycles. The van der Waals surface area contributed by atoms with Gasteiger partial charge in [0, 0.05) is 51.2 Å². The molecule has 1 heterocycles. The number of amides is 1. The lowest BCUT2D eigenvalue weighted by Crippen LogP contribution is -2.60. The number of rotatable bonds is 7. The van der Waals surface area contributed by atoms with Gasteiger partial charge in [0.25, 0.3) is 0 Å². The molecule has 1 amide bonds. The van der Waals surface area contributed by atoms with Crippen molar-refractivity contribution < 1.29 is 9.53 Å². The van der Waals surface area contributed by atoms with Crippen LogP contribution in [-0.2, 0) is 9.53 Å². The Bertz CT molecular complexity index is 461. The van der Waals surface area contributed by atoms with Crippen molar-refractivity contribution in [3.05, 3.63) is 0 Å². The predicted octanol–water partition coefficient (Wildman–Crippen LogP) is 1.72. The molecular formula is C19H38IN5O2. The summed E-state index contributed by atoms with van der Waals surface area (Å²) < 4.78 is 5.55. The molecule has 0 aromatic heterocycles. The SMILES string of the molecule is CN=C(NCCC(=O)NC(C)C)NCC1(N2CCOCC2)CCCCC1.I. The van der Waals surface area contributed by atoms with Gasteiger partial charge in [0.15, 0.2) is 5.96 Å². The molecule has 8 heteroatoms. The number of ether oxygens (including phenoxy) is 1. The number of nitrogens with zero attached hydrogens (tertiary/aromatic N) is 2. The van der Waals surface area contributed by atoms with Crippen LogP contribution in [0, 0.1) is 0 Å². The Labute approximate surface area is 181 Å².